The van der Waals surface area contributed by atoms with E-state index in [9.17, 15) is 5.11 Å². The van der Waals surface area contributed by atoms with Crippen LogP contribution in [0, 0.1) is 0 Å². The van der Waals surface area contributed by atoms with Gasteiger partial charge in [0.1, 0.15) is 5.75 Å². The predicted molar refractivity (Wildman–Crippen MR) is 74.8 cm³/mol. The largest absolute Gasteiger partial charge is 0.494 e. The molecule has 0 amide bonds. The van der Waals surface area contributed by atoms with Crippen molar-refractivity contribution in [2.24, 2.45) is 0 Å². The molecule has 1 unspecified atom stereocenters. The summed E-state index contributed by atoms with van der Waals surface area (Å²) < 4.78 is 7.63. The summed E-state index contributed by atoms with van der Waals surface area (Å²) in [6, 6.07) is 10.1. The quantitative estimate of drug-likeness (QED) is 0.916. The highest BCUT2D eigenvalue weighted by molar-refractivity contribution is 5.42. The van der Waals surface area contributed by atoms with Crippen molar-refractivity contribution in [1.82, 2.24) is 4.57 Å². The van der Waals surface area contributed by atoms with E-state index in [4.69, 9.17) is 4.74 Å². The predicted octanol–water partition coefficient (Wildman–Crippen LogP) is 3.25. The molecule has 100 valence electrons. The summed E-state index contributed by atoms with van der Waals surface area (Å²) in [6.07, 6.45) is 4.71. The van der Waals surface area contributed by atoms with Crippen LogP contribution >= 0.6 is 0 Å². The van der Waals surface area contributed by atoms with Crippen molar-refractivity contribution in [2.45, 2.75) is 32.3 Å². The van der Waals surface area contributed by atoms with Gasteiger partial charge in [0.15, 0.2) is 0 Å². The van der Waals surface area contributed by atoms with Crippen LogP contribution in [0.4, 0.5) is 0 Å². The van der Waals surface area contributed by atoms with E-state index in [1.807, 2.05) is 25.1 Å². The Bertz CT molecular complexity index is 557. The molecule has 0 spiro atoms. The van der Waals surface area contributed by atoms with E-state index in [-0.39, 0.29) is 6.10 Å². The summed E-state index contributed by atoms with van der Waals surface area (Å²) in [6.45, 7) is 2.67. The molecule has 2 aromatic rings. The first-order valence-electron chi connectivity index (χ1n) is 6.91. The molecule has 1 N–H and O–H groups in total. The van der Waals surface area contributed by atoms with Crippen molar-refractivity contribution in [1.29, 1.82) is 0 Å². The molecule has 3 rings (SSSR count). The number of aliphatic hydroxyl groups is 1. The summed E-state index contributed by atoms with van der Waals surface area (Å²) in [5, 5.41) is 10.0. The van der Waals surface area contributed by atoms with Crippen molar-refractivity contribution in [3.63, 3.8) is 0 Å². The van der Waals surface area contributed by atoms with Crippen LogP contribution in [0.25, 0.3) is 5.69 Å². The van der Waals surface area contributed by atoms with E-state index in [2.05, 4.69) is 22.9 Å². The maximum Gasteiger partial charge on any atom is 0.119 e. The van der Waals surface area contributed by atoms with Gasteiger partial charge < -0.3 is 14.4 Å². The van der Waals surface area contributed by atoms with Crippen molar-refractivity contribution in [2.75, 3.05) is 6.61 Å². The first-order valence-corrected chi connectivity index (χ1v) is 6.91. The Morgan fingerprint density at radius 2 is 2.05 bits per heavy atom. The van der Waals surface area contributed by atoms with Crippen molar-refractivity contribution in [3.05, 3.63) is 47.8 Å². The standard InChI is InChI=1S/C16H19NO2/c1-2-19-13-8-6-12(7-9-13)17-11-10-14-15(17)4-3-5-16(14)18/h6-11,16,18H,2-5H2,1H3. The zero-order chi connectivity index (χ0) is 13.2. The van der Waals surface area contributed by atoms with Crippen LogP contribution in [0.15, 0.2) is 36.5 Å². The van der Waals surface area contributed by atoms with E-state index in [0.717, 1.165) is 36.3 Å². The van der Waals surface area contributed by atoms with E-state index in [0.29, 0.717) is 6.61 Å². The van der Waals surface area contributed by atoms with E-state index >= 15 is 0 Å². The normalized spacial score (nSPS) is 18.1. The number of rotatable bonds is 3. The molecule has 1 aromatic carbocycles. The lowest BCUT2D eigenvalue weighted by Gasteiger charge is -2.20. The molecule has 0 aliphatic heterocycles. The lowest BCUT2D eigenvalue weighted by Crippen LogP contribution is -2.10. The Hall–Kier alpha value is -1.74. The second-order valence-corrected chi connectivity index (χ2v) is 4.92. The third-order valence-electron chi connectivity index (χ3n) is 3.70. The Morgan fingerprint density at radius 3 is 2.79 bits per heavy atom. The van der Waals surface area contributed by atoms with Gasteiger partial charge in [0, 0.05) is 23.1 Å². The number of ether oxygens (including phenoxy) is 1. The third kappa shape index (κ3) is 2.26. The number of hydrogen-bond donors (Lipinski definition) is 1. The van der Waals surface area contributed by atoms with Crippen LogP contribution in [-0.4, -0.2) is 16.3 Å². The summed E-state index contributed by atoms with van der Waals surface area (Å²) >= 11 is 0. The maximum atomic E-state index is 10.0. The fraction of sp³-hybridized carbons (Fsp3) is 0.375. The van der Waals surface area contributed by atoms with Gasteiger partial charge in [0.25, 0.3) is 0 Å². The molecule has 0 fully saturated rings. The minimum atomic E-state index is -0.298. The number of aliphatic hydroxyl groups excluding tert-OH is 1. The van der Waals surface area contributed by atoms with E-state index < -0.39 is 0 Å². The van der Waals surface area contributed by atoms with Crippen molar-refractivity contribution >= 4 is 0 Å². The van der Waals surface area contributed by atoms with Crippen LogP contribution in [-0.2, 0) is 6.42 Å². The Kier molecular flexibility index (Phi) is 3.30. The van der Waals surface area contributed by atoms with Gasteiger partial charge in [0.05, 0.1) is 12.7 Å². The van der Waals surface area contributed by atoms with Gasteiger partial charge in [-0.05, 0) is 56.5 Å². The molecular formula is C16H19NO2. The first kappa shape index (κ1) is 12.3. The van der Waals surface area contributed by atoms with Crippen LogP contribution < -0.4 is 4.74 Å². The molecule has 0 saturated carbocycles. The van der Waals surface area contributed by atoms with Gasteiger partial charge >= 0.3 is 0 Å². The summed E-state index contributed by atoms with van der Waals surface area (Å²) in [5.41, 5.74) is 3.45. The maximum absolute atomic E-state index is 10.0. The molecule has 1 heterocycles. The average molecular weight is 257 g/mol. The summed E-state index contributed by atoms with van der Waals surface area (Å²) in [5.74, 6) is 0.896. The molecule has 0 radical (unpaired) electrons. The number of nitrogens with zero attached hydrogens (tertiary/aromatic N) is 1. The minimum absolute atomic E-state index is 0.298. The van der Waals surface area contributed by atoms with Gasteiger partial charge in [-0.3, -0.25) is 0 Å². The second kappa shape index (κ2) is 5.10. The number of hydrogen-bond acceptors (Lipinski definition) is 2. The molecule has 1 aliphatic rings. The molecule has 19 heavy (non-hydrogen) atoms. The molecule has 0 saturated heterocycles. The molecule has 1 aliphatic carbocycles. The van der Waals surface area contributed by atoms with Crippen LogP contribution in [0.2, 0.25) is 0 Å². The van der Waals surface area contributed by atoms with Gasteiger partial charge in [-0.25, -0.2) is 0 Å². The van der Waals surface area contributed by atoms with Crippen LogP contribution in [0.1, 0.15) is 37.1 Å². The summed E-state index contributed by atoms with van der Waals surface area (Å²) in [7, 11) is 0. The van der Waals surface area contributed by atoms with Crippen molar-refractivity contribution in [3.8, 4) is 11.4 Å². The fourth-order valence-corrected chi connectivity index (χ4v) is 2.78. The molecule has 0 bridgehead atoms. The van der Waals surface area contributed by atoms with Gasteiger partial charge in [-0.2, -0.15) is 0 Å². The van der Waals surface area contributed by atoms with Gasteiger partial charge in [-0.15, -0.1) is 0 Å². The Morgan fingerprint density at radius 1 is 1.26 bits per heavy atom. The van der Waals surface area contributed by atoms with Gasteiger partial charge in [0.2, 0.25) is 0 Å². The average Bonchev–Trinajstić information content (AvgIpc) is 2.85. The number of fused-ring (bicyclic) bond motifs is 1. The third-order valence-corrected chi connectivity index (χ3v) is 3.70. The summed E-state index contributed by atoms with van der Waals surface area (Å²) in [4.78, 5) is 0. The second-order valence-electron chi connectivity index (χ2n) is 4.92. The van der Waals surface area contributed by atoms with E-state index in [1.54, 1.807) is 0 Å². The van der Waals surface area contributed by atoms with Crippen LogP contribution in [0.3, 0.4) is 0 Å². The zero-order valence-electron chi connectivity index (χ0n) is 11.2. The SMILES string of the molecule is CCOc1ccc(-n2ccc3c2CCCC3O)cc1. The van der Waals surface area contributed by atoms with Crippen LogP contribution in [0.5, 0.6) is 5.75 Å². The lowest BCUT2D eigenvalue weighted by atomic mass is 9.95. The Balaban J connectivity index is 1.94. The molecule has 1 atom stereocenters. The highest BCUT2D eigenvalue weighted by Crippen LogP contribution is 2.32. The highest BCUT2D eigenvalue weighted by atomic mass is 16.5. The van der Waals surface area contributed by atoms with Crippen molar-refractivity contribution < 1.29 is 9.84 Å². The molecule has 1 aromatic heterocycles. The highest BCUT2D eigenvalue weighted by Gasteiger charge is 2.21. The monoisotopic (exact) mass is 257 g/mol. The zero-order valence-corrected chi connectivity index (χ0v) is 11.2. The minimum Gasteiger partial charge on any atom is -0.494 e. The molecular weight excluding hydrogens is 238 g/mol. The Labute approximate surface area is 113 Å². The molecule has 3 heteroatoms. The first-order chi connectivity index (χ1) is 9.29. The van der Waals surface area contributed by atoms with Gasteiger partial charge in [-0.1, -0.05) is 0 Å². The molecule has 3 nitrogen and oxygen atoms in total. The topological polar surface area (TPSA) is 34.4 Å². The van der Waals surface area contributed by atoms with E-state index in [1.165, 1.54) is 5.69 Å². The number of aromatic nitrogens is 1. The number of benzene rings is 1. The fourth-order valence-electron chi connectivity index (χ4n) is 2.78. The lowest BCUT2D eigenvalue weighted by molar-refractivity contribution is 0.156. The smallest absolute Gasteiger partial charge is 0.119 e.